The molecule has 1 amide bonds. The highest BCUT2D eigenvalue weighted by Crippen LogP contribution is 2.30. The molecule has 0 radical (unpaired) electrons. The fourth-order valence-electron chi connectivity index (χ4n) is 2.47. The first-order valence-electron chi connectivity index (χ1n) is 6.37. The molecule has 0 bridgehead atoms. The van der Waals surface area contributed by atoms with Crippen molar-refractivity contribution < 1.29 is 14.8 Å². The monoisotopic (exact) mass is 298 g/mol. The SMILES string of the molecule is O=C(c1c(Cl)cccc1[N+](=O)[O-])N1CCC(CCO)C1. The topological polar surface area (TPSA) is 83.7 Å². The Morgan fingerprint density at radius 1 is 1.55 bits per heavy atom. The number of amides is 1. The number of rotatable bonds is 4. The van der Waals surface area contributed by atoms with Crippen molar-refractivity contribution >= 4 is 23.2 Å². The van der Waals surface area contributed by atoms with E-state index in [9.17, 15) is 14.9 Å². The van der Waals surface area contributed by atoms with E-state index in [0.29, 0.717) is 19.5 Å². The number of nitro benzene ring substituents is 1. The second-order valence-electron chi connectivity index (χ2n) is 4.81. The molecule has 20 heavy (non-hydrogen) atoms. The summed E-state index contributed by atoms with van der Waals surface area (Å²) < 4.78 is 0. The number of carbonyl (C=O) groups is 1. The van der Waals surface area contributed by atoms with Crippen molar-refractivity contribution in [3.8, 4) is 0 Å². The zero-order valence-corrected chi connectivity index (χ0v) is 11.5. The van der Waals surface area contributed by atoms with E-state index in [1.54, 1.807) is 4.90 Å². The number of benzene rings is 1. The third-order valence-electron chi connectivity index (χ3n) is 3.51. The molecule has 0 saturated carbocycles. The molecule has 1 atom stereocenters. The van der Waals surface area contributed by atoms with Gasteiger partial charge in [-0.05, 0) is 24.8 Å². The smallest absolute Gasteiger partial charge is 0.283 e. The van der Waals surface area contributed by atoms with Crippen LogP contribution in [-0.2, 0) is 0 Å². The van der Waals surface area contributed by atoms with Crippen LogP contribution in [0.25, 0.3) is 0 Å². The Hall–Kier alpha value is -1.66. The average molecular weight is 299 g/mol. The van der Waals surface area contributed by atoms with Crippen molar-refractivity contribution in [3.63, 3.8) is 0 Å². The predicted octanol–water partition coefficient (Wildman–Crippen LogP) is 2.09. The first-order chi connectivity index (χ1) is 9.54. The lowest BCUT2D eigenvalue weighted by Crippen LogP contribution is -2.29. The molecule has 1 saturated heterocycles. The van der Waals surface area contributed by atoms with E-state index < -0.39 is 10.8 Å². The number of aliphatic hydroxyl groups is 1. The molecule has 0 aliphatic carbocycles. The molecule has 0 aromatic heterocycles. The van der Waals surface area contributed by atoms with Gasteiger partial charge < -0.3 is 10.0 Å². The van der Waals surface area contributed by atoms with Crippen LogP contribution in [0.2, 0.25) is 5.02 Å². The van der Waals surface area contributed by atoms with Crippen LogP contribution in [0.1, 0.15) is 23.2 Å². The van der Waals surface area contributed by atoms with Crippen molar-refractivity contribution in [2.75, 3.05) is 19.7 Å². The molecule has 1 fully saturated rings. The van der Waals surface area contributed by atoms with Gasteiger partial charge in [-0.25, -0.2) is 0 Å². The maximum atomic E-state index is 12.4. The van der Waals surface area contributed by atoms with Crippen molar-refractivity contribution in [2.45, 2.75) is 12.8 Å². The average Bonchev–Trinajstić information content (AvgIpc) is 2.86. The Kier molecular flexibility index (Phi) is 4.57. The van der Waals surface area contributed by atoms with Crippen LogP contribution >= 0.6 is 11.6 Å². The predicted molar refractivity (Wildman–Crippen MR) is 73.8 cm³/mol. The molecule has 1 aliphatic heterocycles. The minimum Gasteiger partial charge on any atom is -0.396 e. The molecule has 108 valence electrons. The maximum Gasteiger partial charge on any atom is 0.283 e. The number of hydrogen-bond acceptors (Lipinski definition) is 4. The molecule has 0 spiro atoms. The van der Waals surface area contributed by atoms with Gasteiger partial charge in [-0.1, -0.05) is 17.7 Å². The summed E-state index contributed by atoms with van der Waals surface area (Å²) in [6.07, 6.45) is 1.43. The number of nitro groups is 1. The number of carbonyl (C=O) groups excluding carboxylic acids is 1. The van der Waals surface area contributed by atoms with E-state index in [4.69, 9.17) is 16.7 Å². The molecule has 7 heteroatoms. The van der Waals surface area contributed by atoms with Crippen molar-refractivity contribution in [1.82, 2.24) is 4.90 Å². The standard InChI is InChI=1S/C13H15ClN2O4/c14-10-2-1-3-11(16(19)20)12(10)13(18)15-6-4-9(8-15)5-7-17/h1-3,9,17H,4-8H2. The second kappa shape index (κ2) is 6.19. The normalized spacial score (nSPS) is 18.3. The van der Waals surface area contributed by atoms with E-state index >= 15 is 0 Å². The van der Waals surface area contributed by atoms with Gasteiger partial charge in [-0.15, -0.1) is 0 Å². The zero-order chi connectivity index (χ0) is 14.7. The summed E-state index contributed by atoms with van der Waals surface area (Å²) in [6.45, 7) is 1.12. The van der Waals surface area contributed by atoms with Crippen LogP contribution in [0.4, 0.5) is 5.69 Å². The van der Waals surface area contributed by atoms with E-state index in [0.717, 1.165) is 6.42 Å². The molecule has 1 aromatic rings. The van der Waals surface area contributed by atoms with Gasteiger partial charge in [0.1, 0.15) is 5.56 Å². The van der Waals surface area contributed by atoms with Gasteiger partial charge in [0.05, 0.1) is 9.95 Å². The summed E-state index contributed by atoms with van der Waals surface area (Å²) in [5.74, 6) is -0.173. The van der Waals surface area contributed by atoms with Gasteiger partial charge in [-0.3, -0.25) is 14.9 Å². The van der Waals surface area contributed by atoms with Gasteiger partial charge in [-0.2, -0.15) is 0 Å². The highest BCUT2D eigenvalue weighted by molar-refractivity contribution is 6.34. The van der Waals surface area contributed by atoms with E-state index in [1.807, 2.05) is 0 Å². The quantitative estimate of drug-likeness (QED) is 0.681. The minimum absolute atomic E-state index is 0.0520. The van der Waals surface area contributed by atoms with Crippen molar-refractivity contribution in [2.24, 2.45) is 5.92 Å². The van der Waals surface area contributed by atoms with Gasteiger partial charge in [0.2, 0.25) is 0 Å². The minimum atomic E-state index is -0.597. The fraction of sp³-hybridized carbons (Fsp3) is 0.462. The summed E-state index contributed by atoms with van der Waals surface area (Å²) in [4.78, 5) is 24.4. The Labute approximate surface area is 121 Å². The lowest BCUT2D eigenvalue weighted by Gasteiger charge is -2.17. The van der Waals surface area contributed by atoms with E-state index in [-0.39, 0.29) is 28.8 Å². The van der Waals surface area contributed by atoms with Gasteiger partial charge in [0, 0.05) is 25.8 Å². The number of halogens is 1. The van der Waals surface area contributed by atoms with Crippen LogP contribution in [0.5, 0.6) is 0 Å². The number of nitrogens with zero attached hydrogens (tertiary/aromatic N) is 2. The summed E-state index contributed by atoms with van der Waals surface area (Å²) >= 11 is 5.95. The summed E-state index contributed by atoms with van der Waals surface area (Å²) in [6, 6.07) is 4.21. The Balaban J connectivity index is 2.24. The van der Waals surface area contributed by atoms with Crippen LogP contribution in [-0.4, -0.2) is 40.5 Å². The van der Waals surface area contributed by atoms with E-state index in [1.165, 1.54) is 18.2 Å². The second-order valence-corrected chi connectivity index (χ2v) is 5.22. The third-order valence-corrected chi connectivity index (χ3v) is 3.83. The molecule has 1 heterocycles. The fourth-order valence-corrected chi connectivity index (χ4v) is 2.72. The molecule has 1 aliphatic rings. The van der Waals surface area contributed by atoms with Gasteiger partial charge in [0.15, 0.2) is 0 Å². The third kappa shape index (κ3) is 2.91. The highest BCUT2D eigenvalue weighted by atomic mass is 35.5. The highest BCUT2D eigenvalue weighted by Gasteiger charge is 2.31. The number of aliphatic hydroxyl groups excluding tert-OH is 1. The van der Waals surface area contributed by atoms with Crippen molar-refractivity contribution in [1.29, 1.82) is 0 Å². The van der Waals surface area contributed by atoms with Crippen LogP contribution in [0.15, 0.2) is 18.2 Å². The summed E-state index contributed by atoms with van der Waals surface area (Å²) in [7, 11) is 0. The van der Waals surface area contributed by atoms with Gasteiger partial charge in [0.25, 0.3) is 11.6 Å². The Bertz CT molecular complexity index is 535. The van der Waals surface area contributed by atoms with Gasteiger partial charge >= 0.3 is 0 Å². The first kappa shape index (κ1) is 14.7. The maximum absolute atomic E-state index is 12.4. The summed E-state index contributed by atoms with van der Waals surface area (Å²) in [5, 5.41) is 20.0. The molecule has 1 aromatic carbocycles. The largest absolute Gasteiger partial charge is 0.396 e. The molecule has 1 N–H and O–H groups in total. The first-order valence-corrected chi connectivity index (χ1v) is 6.75. The molecule has 6 nitrogen and oxygen atoms in total. The summed E-state index contributed by atoms with van der Waals surface area (Å²) in [5.41, 5.74) is -0.322. The molecular formula is C13H15ClN2O4. The van der Waals surface area contributed by atoms with Crippen LogP contribution < -0.4 is 0 Å². The van der Waals surface area contributed by atoms with Crippen molar-refractivity contribution in [3.05, 3.63) is 38.9 Å². The molecular weight excluding hydrogens is 284 g/mol. The van der Waals surface area contributed by atoms with Crippen LogP contribution in [0.3, 0.4) is 0 Å². The number of likely N-dealkylation sites (tertiary alicyclic amines) is 1. The lowest BCUT2D eigenvalue weighted by molar-refractivity contribution is -0.385. The molecule has 1 unspecified atom stereocenters. The lowest BCUT2D eigenvalue weighted by atomic mass is 10.1. The van der Waals surface area contributed by atoms with Crippen LogP contribution in [0, 0.1) is 16.0 Å². The zero-order valence-electron chi connectivity index (χ0n) is 10.8. The van der Waals surface area contributed by atoms with E-state index in [2.05, 4.69) is 0 Å². The number of hydrogen-bond donors (Lipinski definition) is 1. The Morgan fingerprint density at radius 2 is 2.30 bits per heavy atom. The molecule has 2 rings (SSSR count). The Morgan fingerprint density at radius 3 is 2.95 bits per heavy atom.